The van der Waals surface area contributed by atoms with Crippen molar-refractivity contribution in [3.63, 3.8) is 0 Å². The second kappa shape index (κ2) is 4.59. The van der Waals surface area contributed by atoms with Gasteiger partial charge in [-0.3, -0.25) is 0 Å². The zero-order chi connectivity index (χ0) is 10.7. The molecule has 0 heterocycles. The van der Waals surface area contributed by atoms with Gasteiger partial charge in [-0.1, -0.05) is 28.1 Å². The van der Waals surface area contributed by atoms with Crippen molar-refractivity contribution in [2.24, 2.45) is 5.92 Å². The van der Waals surface area contributed by atoms with Crippen LogP contribution in [0.25, 0.3) is 0 Å². The second-order valence-electron chi connectivity index (χ2n) is 3.37. The van der Waals surface area contributed by atoms with E-state index in [9.17, 15) is 5.11 Å². The van der Waals surface area contributed by atoms with Gasteiger partial charge in [-0.25, -0.2) is 0 Å². The summed E-state index contributed by atoms with van der Waals surface area (Å²) in [5.41, 5.74) is 1.85. The van der Waals surface area contributed by atoms with Gasteiger partial charge in [0.25, 0.3) is 0 Å². The average Bonchev–Trinajstić information content (AvgIpc) is 2.20. The first-order valence-corrected chi connectivity index (χ1v) is 5.19. The van der Waals surface area contributed by atoms with Crippen LogP contribution in [0.3, 0.4) is 0 Å². The van der Waals surface area contributed by atoms with Crippen molar-refractivity contribution in [3.05, 3.63) is 33.8 Å². The summed E-state index contributed by atoms with van der Waals surface area (Å²) in [5.74, 6) is -0.379. The van der Waals surface area contributed by atoms with Gasteiger partial charge in [-0.15, -0.1) is 0 Å². The zero-order valence-electron chi connectivity index (χ0n) is 8.16. The van der Waals surface area contributed by atoms with Crippen molar-refractivity contribution < 1.29 is 5.11 Å². The van der Waals surface area contributed by atoms with Crippen molar-refractivity contribution in [2.75, 3.05) is 0 Å². The normalized spacial score (nSPS) is 14.5. The van der Waals surface area contributed by atoms with Gasteiger partial charge >= 0.3 is 0 Å². The average molecular weight is 254 g/mol. The number of nitriles is 1. The lowest BCUT2D eigenvalue weighted by atomic mass is 9.97. The minimum atomic E-state index is -0.702. The van der Waals surface area contributed by atoms with Gasteiger partial charge in [-0.2, -0.15) is 5.26 Å². The van der Waals surface area contributed by atoms with Crippen LogP contribution in [0, 0.1) is 24.2 Å². The molecule has 0 fully saturated rings. The number of nitrogens with zero attached hydrogens (tertiary/aromatic N) is 1. The summed E-state index contributed by atoms with van der Waals surface area (Å²) in [7, 11) is 0. The van der Waals surface area contributed by atoms with Crippen molar-refractivity contribution >= 4 is 15.9 Å². The molecular weight excluding hydrogens is 242 g/mol. The molecule has 1 aromatic carbocycles. The third kappa shape index (κ3) is 2.34. The minimum Gasteiger partial charge on any atom is -0.387 e. The molecule has 2 atom stereocenters. The van der Waals surface area contributed by atoms with Gasteiger partial charge in [0.2, 0.25) is 0 Å². The topological polar surface area (TPSA) is 44.0 Å². The molecule has 0 aromatic heterocycles. The van der Waals surface area contributed by atoms with E-state index in [0.717, 1.165) is 15.6 Å². The molecule has 1 aromatic rings. The third-order valence-electron chi connectivity index (χ3n) is 2.20. The van der Waals surface area contributed by atoms with Crippen LogP contribution >= 0.6 is 15.9 Å². The van der Waals surface area contributed by atoms with Crippen molar-refractivity contribution in [2.45, 2.75) is 20.0 Å². The summed E-state index contributed by atoms with van der Waals surface area (Å²) in [6.07, 6.45) is -0.702. The van der Waals surface area contributed by atoms with Gasteiger partial charge in [0.05, 0.1) is 18.1 Å². The Bertz CT molecular complexity index is 370. The second-order valence-corrected chi connectivity index (χ2v) is 4.23. The molecule has 0 radical (unpaired) electrons. The molecule has 0 aliphatic heterocycles. The van der Waals surface area contributed by atoms with Gasteiger partial charge in [-0.05, 0) is 31.0 Å². The van der Waals surface area contributed by atoms with E-state index in [0.29, 0.717) is 0 Å². The van der Waals surface area contributed by atoms with Crippen LogP contribution in [0.1, 0.15) is 24.2 Å². The minimum absolute atomic E-state index is 0.379. The first-order valence-electron chi connectivity index (χ1n) is 4.40. The van der Waals surface area contributed by atoms with E-state index in [1.807, 2.05) is 31.2 Å². The van der Waals surface area contributed by atoms with E-state index in [1.54, 1.807) is 6.92 Å². The highest BCUT2D eigenvalue weighted by molar-refractivity contribution is 9.10. The molecule has 2 unspecified atom stereocenters. The molecule has 3 heteroatoms. The van der Waals surface area contributed by atoms with Gasteiger partial charge in [0.1, 0.15) is 0 Å². The molecule has 0 aliphatic carbocycles. The molecule has 0 aliphatic rings. The maximum absolute atomic E-state index is 9.77. The fourth-order valence-corrected chi connectivity index (χ4v) is 1.46. The highest BCUT2D eigenvalue weighted by Gasteiger charge is 2.15. The van der Waals surface area contributed by atoms with Crippen molar-refractivity contribution in [1.82, 2.24) is 0 Å². The number of hydrogen-bond acceptors (Lipinski definition) is 2. The van der Waals surface area contributed by atoms with E-state index in [4.69, 9.17) is 5.26 Å². The molecule has 0 bridgehead atoms. The quantitative estimate of drug-likeness (QED) is 0.881. The summed E-state index contributed by atoms with van der Waals surface area (Å²) < 4.78 is 1.01. The van der Waals surface area contributed by atoms with Gasteiger partial charge < -0.3 is 5.11 Å². The summed E-state index contributed by atoms with van der Waals surface area (Å²) in [5, 5.41) is 18.4. The first-order chi connectivity index (χ1) is 6.56. The van der Waals surface area contributed by atoms with Crippen LogP contribution in [0.15, 0.2) is 22.7 Å². The molecular formula is C11H12BrNO. The Morgan fingerprint density at radius 2 is 2.14 bits per heavy atom. The molecule has 1 N–H and O–H groups in total. The molecule has 0 amide bonds. The Morgan fingerprint density at radius 1 is 1.50 bits per heavy atom. The summed E-state index contributed by atoms with van der Waals surface area (Å²) >= 11 is 3.39. The van der Waals surface area contributed by atoms with Gasteiger partial charge in [0, 0.05) is 4.47 Å². The van der Waals surface area contributed by atoms with E-state index >= 15 is 0 Å². The molecule has 1 rings (SSSR count). The Labute approximate surface area is 92.3 Å². The van der Waals surface area contributed by atoms with E-state index < -0.39 is 6.10 Å². The predicted molar refractivity (Wildman–Crippen MR) is 58.6 cm³/mol. The maximum atomic E-state index is 9.77. The summed E-state index contributed by atoms with van der Waals surface area (Å²) in [4.78, 5) is 0. The largest absolute Gasteiger partial charge is 0.387 e. The number of aliphatic hydroxyl groups is 1. The molecule has 0 spiro atoms. The standard InChI is InChI=1S/C11H12BrNO/c1-7-5-9(3-4-10(7)12)11(14)8(2)6-13/h3-5,8,11,14H,1-2H3. The van der Waals surface area contributed by atoms with E-state index in [2.05, 4.69) is 15.9 Å². The number of hydrogen-bond donors (Lipinski definition) is 1. The lowest BCUT2D eigenvalue weighted by Gasteiger charge is -2.13. The van der Waals surface area contributed by atoms with Crippen molar-refractivity contribution in [3.8, 4) is 6.07 Å². The fourth-order valence-electron chi connectivity index (χ4n) is 1.21. The maximum Gasteiger partial charge on any atom is 0.0945 e. The smallest absolute Gasteiger partial charge is 0.0945 e. The Kier molecular flexibility index (Phi) is 3.68. The first kappa shape index (κ1) is 11.2. The van der Waals surface area contributed by atoms with Gasteiger partial charge in [0.15, 0.2) is 0 Å². The molecule has 74 valence electrons. The lowest BCUT2D eigenvalue weighted by Crippen LogP contribution is -2.07. The molecule has 14 heavy (non-hydrogen) atoms. The van der Waals surface area contributed by atoms with E-state index in [1.165, 1.54) is 0 Å². The van der Waals surface area contributed by atoms with Crippen LogP contribution in [0.4, 0.5) is 0 Å². The highest BCUT2D eigenvalue weighted by atomic mass is 79.9. The molecule has 0 saturated heterocycles. The number of rotatable bonds is 2. The van der Waals surface area contributed by atoms with Crippen LogP contribution < -0.4 is 0 Å². The van der Waals surface area contributed by atoms with Crippen LogP contribution in [-0.2, 0) is 0 Å². The number of benzene rings is 1. The fraction of sp³-hybridized carbons (Fsp3) is 0.364. The van der Waals surface area contributed by atoms with Crippen LogP contribution in [0.2, 0.25) is 0 Å². The van der Waals surface area contributed by atoms with Crippen LogP contribution in [-0.4, -0.2) is 5.11 Å². The number of aryl methyl sites for hydroxylation is 1. The Morgan fingerprint density at radius 3 is 2.64 bits per heavy atom. The monoisotopic (exact) mass is 253 g/mol. The number of halogens is 1. The molecule has 2 nitrogen and oxygen atoms in total. The highest BCUT2D eigenvalue weighted by Crippen LogP contribution is 2.25. The Balaban J connectivity index is 2.98. The molecule has 0 saturated carbocycles. The van der Waals surface area contributed by atoms with Crippen LogP contribution in [0.5, 0.6) is 0 Å². The SMILES string of the molecule is Cc1cc(C(O)C(C)C#N)ccc1Br. The zero-order valence-corrected chi connectivity index (χ0v) is 9.75. The van der Waals surface area contributed by atoms with E-state index in [-0.39, 0.29) is 5.92 Å². The lowest BCUT2D eigenvalue weighted by molar-refractivity contribution is 0.142. The Hall–Kier alpha value is -0.850. The summed E-state index contributed by atoms with van der Waals surface area (Å²) in [6.45, 7) is 3.67. The predicted octanol–water partition coefficient (Wildman–Crippen LogP) is 2.95. The third-order valence-corrected chi connectivity index (χ3v) is 3.09. The van der Waals surface area contributed by atoms with Crippen molar-refractivity contribution in [1.29, 1.82) is 5.26 Å². The summed E-state index contributed by atoms with van der Waals surface area (Å²) in [6, 6.07) is 7.64. The number of aliphatic hydroxyl groups excluding tert-OH is 1.